The molecule has 100 valence electrons. The zero-order chi connectivity index (χ0) is 13.5. The van der Waals surface area contributed by atoms with Crippen molar-refractivity contribution >= 4 is 16.8 Å². The van der Waals surface area contributed by atoms with Gasteiger partial charge in [0.2, 0.25) is 5.78 Å². The number of benzene rings is 1. The SMILES string of the molecule is NC1(C(=O)c2cc3cc(F)ccc3o2)CCCCC1. The molecule has 0 atom stereocenters. The van der Waals surface area contributed by atoms with Crippen LogP contribution in [0.1, 0.15) is 42.7 Å². The molecule has 3 nitrogen and oxygen atoms in total. The van der Waals surface area contributed by atoms with Gasteiger partial charge in [0.15, 0.2) is 5.76 Å². The summed E-state index contributed by atoms with van der Waals surface area (Å²) in [5, 5.41) is 0.600. The van der Waals surface area contributed by atoms with Gasteiger partial charge in [0, 0.05) is 5.39 Å². The molecule has 0 amide bonds. The van der Waals surface area contributed by atoms with Gasteiger partial charge in [0.05, 0.1) is 5.54 Å². The summed E-state index contributed by atoms with van der Waals surface area (Å²) in [5.41, 5.74) is 5.91. The van der Waals surface area contributed by atoms with Crippen LogP contribution in [-0.2, 0) is 0 Å². The van der Waals surface area contributed by atoms with Gasteiger partial charge in [-0.3, -0.25) is 4.79 Å². The molecule has 3 rings (SSSR count). The minimum absolute atomic E-state index is 0.163. The average Bonchev–Trinajstić information content (AvgIpc) is 2.81. The van der Waals surface area contributed by atoms with E-state index in [1.165, 1.54) is 18.2 Å². The second kappa shape index (κ2) is 4.46. The van der Waals surface area contributed by atoms with Crippen LogP contribution in [0.5, 0.6) is 0 Å². The van der Waals surface area contributed by atoms with Gasteiger partial charge in [-0.1, -0.05) is 19.3 Å². The van der Waals surface area contributed by atoms with E-state index in [-0.39, 0.29) is 17.4 Å². The van der Waals surface area contributed by atoms with Gasteiger partial charge in [-0.2, -0.15) is 0 Å². The summed E-state index contributed by atoms with van der Waals surface area (Å²) < 4.78 is 18.6. The molecule has 1 heterocycles. The fourth-order valence-corrected chi connectivity index (χ4v) is 2.78. The highest BCUT2D eigenvalue weighted by atomic mass is 19.1. The van der Waals surface area contributed by atoms with Crippen molar-refractivity contribution in [3.05, 3.63) is 35.8 Å². The van der Waals surface area contributed by atoms with Crippen LogP contribution in [0.4, 0.5) is 4.39 Å². The Balaban J connectivity index is 1.97. The van der Waals surface area contributed by atoms with Crippen LogP contribution in [0.2, 0.25) is 0 Å². The van der Waals surface area contributed by atoms with Gasteiger partial charge >= 0.3 is 0 Å². The Labute approximate surface area is 110 Å². The Bertz CT molecular complexity index is 626. The molecule has 0 unspecified atom stereocenters. The number of fused-ring (bicyclic) bond motifs is 1. The minimum Gasteiger partial charge on any atom is -0.453 e. The topological polar surface area (TPSA) is 56.2 Å². The van der Waals surface area contributed by atoms with Crippen molar-refractivity contribution in [2.75, 3.05) is 0 Å². The first-order valence-corrected chi connectivity index (χ1v) is 6.61. The monoisotopic (exact) mass is 261 g/mol. The third-order valence-electron chi connectivity index (χ3n) is 3.90. The van der Waals surface area contributed by atoms with E-state index in [4.69, 9.17) is 10.2 Å². The predicted molar refractivity (Wildman–Crippen MR) is 70.5 cm³/mol. The lowest BCUT2D eigenvalue weighted by atomic mass is 9.79. The van der Waals surface area contributed by atoms with Crippen LogP contribution in [0.25, 0.3) is 11.0 Å². The predicted octanol–water partition coefficient (Wildman–Crippen LogP) is 3.42. The van der Waals surface area contributed by atoms with Gasteiger partial charge in [-0.15, -0.1) is 0 Å². The summed E-state index contributed by atoms with van der Waals surface area (Å²) in [7, 11) is 0. The lowest BCUT2D eigenvalue weighted by molar-refractivity contribution is 0.0820. The fourth-order valence-electron chi connectivity index (χ4n) is 2.78. The van der Waals surface area contributed by atoms with Gasteiger partial charge in [0.1, 0.15) is 11.4 Å². The normalized spacial score (nSPS) is 18.6. The number of carbonyl (C=O) groups is 1. The summed E-state index contributed by atoms with van der Waals surface area (Å²) in [6, 6.07) is 5.80. The van der Waals surface area contributed by atoms with Gasteiger partial charge in [-0.25, -0.2) is 4.39 Å². The molecule has 0 spiro atoms. The van der Waals surface area contributed by atoms with Crippen molar-refractivity contribution in [2.24, 2.45) is 5.73 Å². The van der Waals surface area contributed by atoms with E-state index in [0.29, 0.717) is 23.8 Å². The number of carbonyl (C=O) groups excluding carboxylic acids is 1. The van der Waals surface area contributed by atoms with Crippen LogP contribution < -0.4 is 5.73 Å². The summed E-state index contributed by atoms with van der Waals surface area (Å²) in [6.07, 6.45) is 4.44. The van der Waals surface area contributed by atoms with E-state index in [2.05, 4.69) is 0 Å². The largest absolute Gasteiger partial charge is 0.453 e. The number of nitrogens with two attached hydrogens (primary N) is 1. The first kappa shape index (κ1) is 12.4. The van der Waals surface area contributed by atoms with Crippen molar-refractivity contribution in [3.8, 4) is 0 Å². The van der Waals surface area contributed by atoms with Crippen molar-refractivity contribution in [1.82, 2.24) is 0 Å². The van der Waals surface area contributed by atoms with Gasteiger partial charge in [0.25, 0.3) is 0 Å². The summed E-state index contributed by atoms with van der Waals surface area (Å²) in [6.45, 7) is 0. The molecule has 2 N–H and O–H groups in total. The molecule has 1 aliphatic rings. The second-order valence-electron chi connectivity index (χ2n) is 5.34. The molecule has 4 heteroatoms. The van der Waals surface area contributed by atoms with E-state index in [1.807, 2.05) is 0 Å². The molecule has 0 radical (unpaired) electrons. The van der Waals surface area contributed by atoms with Crippen LogP contribution in [0, 0.1) is 5.82 Å². The molecular formula is C15H16FNO2. The lowest BCUT2D eigenvalue weighted by Crippen LogP contribution is -2.49. The molecule has 0 aliphatic heterocycles. The molecule has 0 bridgehead atoms. The van der Waals surface area contributed by atoms with E-state index < -0.39 is 5.54 Å². The smallest absolute Gasteiger partial charge is 0.217 e. The van der Waals surface area contributed by atoms with Crippen LogP contribution >= 0.6 is 0 Å². The maximum Gasteiger partial charge on any atom is 0.217 e. The number of halogens is 1. The average molecular weight is 261 g/mol. The van der Waals surface area contributed by atoms with Gasteiger partial charge in [-0.05, 0) is 37.1 Å². The fraction of sp³-hybridized carbons (Fsp3) is 0.400. The first-order valence-electron chi connectivity index (χ1n) is 6.61. The third kappa shape index (κ3) is 2.16. The zero-order valence-electron chi connectivity index (χ0n) is 10.6. The van der Waals surface area contributed by atoms with Gasteiger partial charge < -0.3 is 10.2 Å². The second-order valence-corrected chi connectivity index (χ2v) is 5.34. The van der Waals surface area contributed by atoms with Crippen LogP contribution in [0.15, 0.2) is 28.7 Å². The number of Topliss-reactive ketones (excluding diaryl/α,β-unsaturated/α-hetero) is 1. The first-order chi connectivity index (χ1) is 9.08. The van der Waals surface area contributed by atoms with Crippen molar-refractivity contribution in [1.29, 1.82) is 0 Å². The Morgan fingerprint density at radius 2 is 1.95 bits per heavy atom. The van der Waals surface area contributed by atoms with Crippen molar-refractivity contribution in [2.45, 2.75) is 37.6 Å². The van der Waals surface area contributed by atoms with E-state index in [9.17, 15) is 9.18 Å². The number of rotatable bonds is 2. The highest BCUT2D eigenvalue weighted by Gasteiger charge is 2.37. The molecule has 1 saturated carbocycles. The highest BCUT2D eigenvalue weighted by molar-refractivity contribution is 6.03. The molecule has 19 heavy (non-hydrogen) atoms. The Morgan fingerprint density at radius 1 is 1.21 bits per heavy atom. The number of hydrogen-bond donors (Lipinski definition) is 1. The van der Waals surface area contributed by atoms with Crippen molar-refractivity contribution in [3.63, 3.8) is 0 Å². The summed E-state index contributed by atoms with van der Waals surface area (Å²) >= 11 is 0. The molecule has 1 aliphatic carbocycles. The number of ketones is 1. The summed E-state index contributed by atoms with van der Waals surface area (Å²) in [4.78, 5) is 12.5. The quantitative estimate of drug-likeness (QED) is 0.843. The number of furan rings is 1. The molecule has 0 saturated heterocycles. The molecular weight excluding hydrogens is 245 g/mol. The van der Waals surface area contributed by atoms with E-state index in [1.54, 1.807) is 6.07 Å². The van der Waals surface area contributed by atoms with Crippen LogP contribution in [0.3, 0.4) is 0 Å². The maximum absolute atomic E-state index is 13.1. The highest BCUT2D eigenvalue weighted by Crippen LogP contribution is 2.31. The molecule has 2 aromatic rings. The minimum atomic E-state index is -0.815. The number of hydrogen-bond acceptors (Lipinski definition) is 3. The maximum atomic E-state index is 13.1. The third-order valence-corrected chi connectivity index (χ3v) is 3.90. The Hall–Kier alpha value is -1.68. The van der Waals surface area contributed by atoms with E-state index in [0.717, 1.165) is 19.3 Å². The zero-order valence-corrected chi connectivity index (χ0v) is 10.6. The lowest BCUT2D eigenvalue weighted by Gasteiger charge is -2.30. The standard InChI is InChI=1S/C15H16FNO2/c16-11-4-5-12-10(8-11)9-13(19-12)14(18)15(17)6-2-1-3-7-15/h4-5,8-9H,1-3,6-7,17H2. The molecule has 1 aromatic heterocycles. The van der Waals surface area contributed by atoms with Crippen LogP contribution in [-0.4, -0.2) is 11.3 Å². The molecule has 1 fully saturated rings. The Kier molecular flexibility index (Phi) is 2.90. The summed E-state index contributed by atoms with van der Waals surface area (Å²) in [5.74, 6) is -0.263. The molecule has 1 aromatic carbocycles. The Morgan fingerprint density at radius 3 is 2.68 bits per heavy atom. The van der Waals surface area contributed by atoms with E-state index >= 15 is 0 Å². The van der Waals surface area contributed by atoms with Crippen molar-refractivity contribution < 1.29 is 13.6 Å².